The molecule has 1 aliphatic rings. The molecule has 0 bridgehead atoms. The van der Waals surface area contributed by atoms with E-state index >= 15 is 0 Å². The number of nitrogens with one attached hydrogen (secondary N) is 1. The number of carbonyl (C=O) groups excluding carboxylic acids is 1. The van der Waals surface area contributed by atoms with Crippen LogP contribution in [0.5, 0.6) is 0 Å². The number of aromatic nitrogens is 2. The van der Waals surface area contributed by atoms with E-state index in [-0.39, 0.29) is 18.3 Å². The van der Waals surface area contributed by atoms with Gasteiger partial charge in [0, 0.05) is 12.6 Å². The predicted octanol–water partition coefficient (Wildman–Crippen LogP) is 1.54. The van der Waals surface area contributed by atoms with Crippen LogP contribution in [0.4, 0.5) is 5.82 Å². The van der Waals surface area contributed by atoms with Crippen molar-refractivity contribution in [2.75, 3.05) is 0 Å². The summed E-state index contributed by atoms with van der Waals surface area (Å²) in [4.78, 5) is 25.9. The summed E-state index contributed by atoms with van der Waals surface area (Å²) in [5.74, 6) is -0.146. The molecule has 8 heteroatoms. The van der Waals surface area contributed by atoms with Crippen LogP contribution in [0.1, 0.15) is 37.9 Å². The van der Waals surface area contributed by atoms with Gasteiger partial charge < -0.3 is 10.1 Å². The minimum atomic E-state index is -0.555. The Hall–Kier alpha value is -2.25. The fraction of sp³-hybridized carbons (Fsp3) is 0.583. The smallest absolute Gasteiger partial charge is 0.343 e. The summed E-state index contributed by atoms with van der Waals surface area (Å²) < 4.78 is 1.26. The van der Waals surface area contributed by atoms with Gasteiger partial charge >= 0.3 is 5.82 Å². The molecule has 0 unspecified atom stereocenters. The number of hydrogen-bond acceptors (Lipinski definition) is 5. The lowest BCUT2D eigenvalue weighted by Gasteiger charge is -2.11. The number of hydrazone groups is 1. The fourth-order valence-corrected chi connectivity index (χ4v) is 2.19. The molecular formula is C12H17N5O3. The van der Waals surface area contributed by atoms with E-state index in [0.29, 0.717) is 5.82 Å². The normalized spacial score (nSPS) is 14.9. The SMILES string of the molecule is Cc1ncc([N+](=O)[O-])n1CC(=O)NN=C1CCCCC1. The standard InChI is InChI=1S/C12H17N5O3/c1-9-13-7-12(17(19)20)16(9)8-11(18)15-14-10-5-3-2-4-6-10/h7H,2-6,8H2,1H3,(H,15,18). The third kappa shape index (κ3) is 3.40. The number of nitro groups is 1. The first kappa shape index (κ1) is 14.2. The Morgan fingerprint density at radius 2 is 2.20 bits per heavy atom. The zero-order chi connectivity index (χ0) is 14.5. The van der Waals surface area contributed by atoms with Gasteiger partial charge in [-0.1, -0.05) is 6.42 Å². The molecule has 0 saturated heterocycles. The highest BCUT2D eigenvalue weighted by Crippen LogP contribution is 2.15. The maximum absolute atomic E-state index is 11.8. The maximum Gasteiger partial charge on any atom is 0.343 e. The topological polar surface area (TPSA) is 102 Å². The summed E-state index contributed by atoms with van der Waals surface area (Å²) in [6.07, 6.45) is 6.36. The zero-order valence-electron chi connectivity index (χ0n) is 11.3. The highest BCUT2D eigenvalue weighted by Gasteiger charge is 2.20. The molecule has 0 aromatic carbocycles. The van der Waals surface area contributed by atoms with Crippen LogP contribution in [0.15, 0.2) is 11.3 Å². The number of imidazole rings is 1. The molecule has 1 N–H and O–H groups in total. The fourth-order valence-electron chi connectivity index (χ4n) is 2.19. The first-order chi connectivity index (χ1) is 9.58. The van der Waals surface area contributed by atoms with Gasteiger partial charge in [0.2, 0.25) is 0 Å². The van der Waals surface area contributed by atoms with Crippen molar-refractivity contribution in [3.05, 3.63) is 22.1 Å². The van der Waals surface area contributed by atoms with Crippen LogP contribution in [-0.2, 0) is 11.3 Å². The van der Waals surface area contributed by atoms with E-state index < -0.39 is 4.92 Å². The van der Waals surface area contributed by atoms with Crippen LogP contribution >= 0.6 is 0 Å². The molecule has 1 aromatic rings. The van der Waals surface area contributed by atoms with Crippen molar-refractivity contribution in [2.45, 2.75) is 45.6 Å². The average molecular weight is 279 g/mol. The van der Waals surface area contributed by atoms with E-state index in [4.69, 9.17) is 0 Å². The Labute approximate surface area is 116 Å². The quantitative estimate of drug-likeness (QED) is 0.666. The summed E-state index contributed by atoms with van der Waals surface area (Å²) in [6, 6.07) is 0. The minimum Gasteiger partial charge on any atom is -0.358 e. The summed E-state index contributed by atoms with van der Waals surface area (Å²) in [5, 5.41) is 14.9. The second-order valence-corrected chi connectivity index (χ2v) is 4.78. The van der Waals surface area contributed by atoms with E-state index in [1.165, 1.54) is 11.0 Å². The van der Waals surface area contributed by atoms with E-state index in [1.807, 2.05) is 0 Å². The number of carbonyl (C=O) groups is 1. The van der Waals surface area contributed by atoms with Gasteiger partial charge in [0.1, 0.15) is 6.20 Å². The molecule has 1 heterocycles. The molecule has 1 aromatic heterocycles. The molecule has 0 radical (unpaired) electrons. The summed E-state index contributed by atoms with van der Waals surface area (Å²) in [5.41, 5.74) is 3.45. The van der Waals surface area contributed by atoms with Gasteiger partial charge in [-0.15, -0.1) is 0 Å². The van der Waals surface area contributed by atoms with Crippen molar-refractivity contribution in [1.29, 1.82) is 0 Å². The molecule has 20 heavy (non-hydrogen) atoms. The minimum absolute atomic E-state index is 0.154. The van der Waals surface area contributed by atoms with Crippen molar-refractivity contribution in [3.63, 3.8) is 0 Å². The maximum atomic E-state index is 11.8. The third-order valence-electron chi connectivity index (χ3n) is 3.29. The van der Waals surface area contributed by atoms with Gasteiger partial charge in [-0.2, -0.15) is 5.10 Å². The molecule has 108 valence electrons. The van der Waals surface area contributed by atoms with Gasteiger partial charge in [0.15, 0.2) is 12.4 Å². The van der Waals surface area contributed by atoms with Crippen LogP contribution in [0.2, 0.25) is 0 Å². The number of hydrogen-bond donors (Lipinski definition) is 1. The molecule has 1 amide bonds. The number of rotatable bonds is 4. The highest BCUT2D eigenvalue weighted by atomic mass is 16.6. The van der Waals surface area contributed by atoms with Crippen molar-refractivity contribution < 1.29 is 9.72 Å². The van der Waals surface area contributed by atoms with Gasteiger partial charge in [0.25, 0.3) is 5.91 Å². The number of amides is 1. The Bertz CT molecular complexity index is 541. The van der Waals surface area contributed by atoms with E-state index in [9.17, 15) is 14.9 Å². The molecular weight excluding hydrogens is 262 g/mol. The Morgan fingerprint density at radius 3 is 2.85 bits per heavy atom. The third-order valence-corrected chi connectivity index (χ3v) is 3.29. The Morgan fingerprint density at radius 1 is 1.50 bits per heavy atom. The van der Waals surface area contributed by atoms with Crippen LogP contribution in [0.3, 0.4) is 0 Å². The Balaban J connectivity index is 1.98. The van der Waals surface area contributed by atoms with Crippen LogP contribution in [0, 0.1) is 17.0 Å². The molecule has 0 atom stereocenters. The zero-order valence-corrected chi connectivity index (χ0v) is 11.3. The van der Waals surface area contributed by atoms with Crippen molar-refractivity contribution in [1.82, 2.24) is 15.0 Å². The van der Waals surface area contributed by atoms with E-state index in [0.717, 1.165) is 37.6 Å². The first-order valence-corrected chi connectivity index (χ1v) is 6.58. The van der Waals surface area contributed by atoms with Crippen LogP contribution < -0.4 is 5.43 Å². The molecule has 8 nitrogen and oxygen atoms in total. The lowest BCUT2D eigenvalue weighted by molar-refractivity contribution is -0.392. The first-order valence-electron chi connectivity index (χ1n) is 6.58. The molecule has 0 aliphatic heterocycles. The molecule has 2 rings (SSSR count). The second-order valence-electron chi connectivity index (χ2n) is 4.78. The second kappa shape index (κ2) is 6.27. The van der Waals surface area contributed by atoms with Crippen molar-refractivity contribution in [2.24, 2.45) is 5.10 Å². The summed E-state index contributed by atoms with van der Waals surface area (Å²) in [6.45, 7) is 1.46. The van der Waals surface area contributed by atoms with Gasteiger partial charge in [0.05, 0.1) is 0 Å². The van der Waals surface area contributed by atoms with E-state index in [1.54, 1.807) is 6.92 Å². The van der Waals surface area contributed by atoms with E-state index in [2.05, 4.69) is 15.5 Å². The van der Waals surface area contributed by atoms with Gasteiger partial charge in [-0.05, 0) is 30.6 Å². The highest BCUT2D eigenvalue weighted by molar-refractivity contribution is 5.86. The lowest BCUT2D eigenvalue weighted by atomic mass is 9.99. The molecule has 1 aliphatic carbocycles. The molecule has 1 fully saturated rings. The molecule has 1 saturated carbocycles. The number of nitrogens with zero attached hydrogens (tertiary/aromatic N) is 4. The van der Waals surface area contributed by atoms with Crippen molar-refractivity contribution >= 4 is 17.4 Å². The van der Waals surface area contributed by atoms with Gasteiger partial charge in [-0.25, -0.2) is 15.0 Å². The number of aryl methyl sites for hydroxylation is 1. The van der Waals surface area contributed by atoms with Crippen LogP contribution in [-0.4, -0.2) is 26.1 Å². The van der Waals surface area contributed by atoms with Gasteiger partial charge in [-0.3, -0.25) is 4.79 Å². The summed E-state index contributed by atoms with van der Waals surface area (Å²) >= 11 is 0. The monoisotopic (exact) mass is 279 g/mol. The Kier molecular flexibility index (Phi) is 4.44. The molecule has 0 spiro atoms. The van der Waals surface area contributed by atoms with Crippen LogP contribution in [0.25, 0.3) is 0 Å². The van der Waals surface area contributed by atoms with Crippen molar-refractivity contribution in [3.8, 4) is 0 Å². The average Bonchev–Trinajstić information content (AvgIpc) is 2.79. The largest absolute Gasteiger partial charge is 0.358 e. The predicted molar refractivity (Wildman–Crippen MR) is 72.3 cm³/mol. The lowest BCUT2D eigenvalue weighted by Crippen LogP contribution is -2.26. The summed E-state index contributed by atoms with van der Waals surface area (Å²) in [7, 11) is 0.